The van der Waals surface area contributed by atoms with Crippen molar-refractivity contribution in [3.63, 3.8) is 0 Å². The van der Waals surface area contributed by atoms with Crippen LogP contribution in [0.15, 0.2) is 18.2 Å². The summed E-state index contributed by atoms with van der Waals surface area (Å²) in [4.78, 5) is 0. The number of alkyl halides is 1. The van der Waals surface area contributed by atoms with Crippen molar-refractivity contribution in [2.75, 3.05) is 7.11 Å². The molecule has 3 saturated carbocycles. The van der Waals surface area contributed by atoms with Gasteiger partial charge >= 0.3 is 0 Å². The lowest BCUT2D eigenvalue weighted by Crippen LogP contribution is -2.06. The Morgan fingerprint density at radius 3 is 2.58 bits per heavy atom. The van der Waals surface area contributed by atoms with Crippen LogP contribution in [-0.4, -0.2) is 7.11 Å². The van der Waals surface area contributed by atoms with Crippen LogP contribution in [-0.2, 0) is 0 Å². The molecule has 0 amide bonds. The Kier molecular flexibility index (Phi) is 2.60. The maximum absolute atomic E-state index is 13.5. The van der Waals surface area contributed by atoms with Crippen LogP contribution in [0.4, 0.5) is 4.39 Å². The Hall–Kier alpha value is -0.760. The van der Waals surface area contributed by atoms with Crippen molar-refractivity contribution in [1.29, 1.82) is 0 Å². The van der Waals surface area contributed by atoms with Crippen LogP contribution in [0.2, 0.25) is 0 Å². The first kappa shape index (κ1) is 12.0. The molecule has 102 valence electrons. The van der Waals surface area contributed by atoms with Gasteiger partial charge in [-0.1, -0.05) is 0 Å². The monoisotopic (exact) mass is 280 g/mol. The molecule has 2 bridgehead atoms. The van der Waals surface area contributed by atoms with Gasteiger partial charge in [-0.05, 0) is 67.1 Å². The second-order valence-electron chi connectivity index (χ2n) is 6.35. The molecule has 1 nitrogen and oxygen atoms in total. The fourth-order valence-corrected chi connectivity index (χ4v) is 5.42. The number of ether oxygens (including phenoxy) is 1. The molecule has 3 aliphatic carbocycles. The topological polar surface area (TPSA) is 9.23 Å². The highest BCUT2D eigenvalue weighted by molar-refractivity contribution is 6.21. The van der Waals surface area contributed by atoms with Crippen molar-refractivity contribution >= 4 is 11.6 Å². The lowest BCUT2D eigenvalue weighted by Gasteiger charge is -2.17. The van der Waals surface area contributed by atoms with Crippen molar-refractivity contribution in [2.24, 2.45) is 29.6 Å². The number of fused-ring (bicyclic) bond motifs is 5. The standard InChI is InChI=1S/C16H18ClFO/c1-19-12-5-4-10(18)7-11(12)16(17)15-13-8-2-3-9(6-8)14(13)15/h4-5,7-9,13-16H,2-3,6H2,1H3. The highest BCUT2D eigenvalue weighted by Gasteiger charge is 2.66. The fourth-order valence-electron chi connectivity index (χ4n) is 4.91. The highest BCUT2D eigenvalue weighted by atomic mass is 35.5. The van der Waals surface area contributed by atoms with Crippen LogP contribution in [0, 0.1) is 35.4 Å². The van der Waals surface area contributed by atoms with Gasteiger partial charge in [-0.3, -0.25) is 0 Å². The van der Waals surface area contributed by atoms with Gasteiger partial charge in [-0.15, -0.1) is 11.6 Å². The normalized spacial score (nSPS) is 40.1. The van der Waals surface area contributed by atoms with Crippen LogP contribution in [0.25, 0.3) is 0 Å². The van der Waals surface area contributed by atoms with E-state index in [1.165, 1.54) is 25.3 Å². The molecule has 4 rings (SSSR count). The summed E-state index contributed by atoms with van der Waals surface area (Å²) < 4.78 is 18.8. The third-order valence-electron chi connectivity index (χ3n) is 5.62. The first-order chi connectivity index (χ1) is 9.20. The van der Waals surface area contributed by atoms with Crippen molar-refractivity contribution in [3.05, 3.63) is 29.6 Å². The summed E-state index contributed by atoms with van der Waals surface area (Å²) in [6.45, 7) is 0. The van der Waals surface area contributed by atoms with Gasteiger partial charge in [0.25, 0.3) is 0 Å². The summed E-state index contributed by atoms with van der Waals surface area (Å²) in [5, 5.41) is -0.0935. The number of hydrogen-bond acceptors (Lipinski definition) is 1. The summed E-state index contributed by atoms with van der Waals surface area (Å²) in [6.07, 6.45) is 4.17. The van der Waals surface area contributed by atoms with E-state index in [2.05, 4.69) is 0 Å². The molecule has 0 saturated heterocycles. The van der Waals surface area contributed by atoms with E-state index >= 15 is 0 Å². The van der Waals surface area contributed by atoms with Gasteiger partial charge in [-0.2, -0.15) is 0 Å². The van der Waals surface area contributed by atoms with E-state index < -0.39 is 0 Å². The second-order valence-corrected chi connectivity index (χ2v) is 6.82. The van der Waals surface area contributed by atoms with Crippen molar-refractivity contribution in [1.82, 2.24) is 0 Å². The molecule has 3 fully saturated rings. The van der Waals surface area contributed by atoms with Gasteiger partial charge in [0.1, 0.15) is 11.6 Å². The van der Waals surface area contributed by atoms with Gasteiger partial charge in [0.2, 0.25) is 0 Å². The van der Waals surface area contributed by atoms with E-state index in [9.17, 15) is 4.39 Å². The minimum absolute atomic E-state index is 0.0935. The number of halogens is 2. The minimum Gasteiger partial charge on any atom is -0.496 e. The van der Waals surface area contributed by atoms with Crippen LogP contribution in [0.3, 0.4) is 0 Å². The zero-order chi connectivity index (χ0) is 13.1. The minimum atomic E-state index is -0.227. The van der Waals surface area contributed by atoms with E-state index in [0.717, 1.165) is 35.0 Å². The van der Waals surface area contributed by atoms with Crippen molar-refractivity contribution in [2.45, 2.75) is 24.6 Å². The Labute approximate surface area is 118 Å². The largest absolute Gasteiger partial charge is 0.496 e. The molecular formula is C16H18ClFO. The van der Waals surface area contributed by atoms with Crippen molar-refractivity contribution in [3.8, 4) is 5.75 Å². The Balaban J connectivity index is 1.62. The maximum atomic E-state index is 13.5. The Bertz CT molecular complexity index is 501. The number of hydrogen-bond donors (Lipinski definition) is 0. The smallest absolute Gasteiger partial charge is 0.123 e. The molecule has 0 aliphatic heterocycles. The molecule has 1 aromatic rings. The molecule has 0 heterocycles. The predicted molar refractivity (Wildman–Crippen MR) is 72.8 cm³/mol. The molecule has 1 aromatic carbocycles. The lowest BCUT2D eigenvalue weighted by atomic mass is 9.96. The fraction of sp³-hybridized carbons (Fsp3) is 0.625. The summed E-state index contributed by atoms with van der Waals surface area (Å²) in [5.74, 6) is 4.42. The maximum Gasteiger partial charge on any atom is 0.123 e. The zero-order valence-electron chi connectivity index (χ0n) is 11.0. The third kappa shape index (κ3) is 1.65. The molecule has 3 aliphatic rings. The third-order valence-corrected chi connectivity index (χ3v) is 6.15. The van der Waals surface area contributed by atoms with Crippen LogP contribution in [0.5, 0.6) is 5.75 Å². The van der Waals surface area contributed by atoms with Crippen LogP contribution in [0.1, 0.15) is 30.2 Å². The highest BCUT2D eigenvalue weighted by Crippen LogP contribution is 2.73. The zero-order valence-corrected chi connectivity index (χ0v) is 11.7. The molecule has 5 unspecified atom stereocenters. The molecule has 19 heavy (non-hydrogen) atoms. The van der Waals surface area contributed by atoms with E-state index in [1.807, 2.05) is 0 Å². The van der Waals surface area contributed by atoms with Crippen LogP contribution >= 0.6 is 11.6 Å². The first-order valence-corrected chi connectivity index (χ1v) is 7.62. The first-order valence-electron chi connectivity index (χ1n) is 7.18. The SMILES string of the molecule is COc1ccc(F)cc1C(Cl)C1C2C3CCC(C3)C21. The summed E-state index contributed by atoms with van der Waals surface area (Å²) in [5.41, 5.74) is 0.836. The molecule has 0 radical (unpaired) electrons. The molecule has 0 aromatic heterocycles. The molecule has 0 spiro atoms. The van der Waals surface area contributed by atoms with E-state index in [4.69, 9.17) is 16.3 Å². The van der Waals surface area contributed by atoms with Gasteiger partial charge in [-0.25, -0.2) is 4.39 Å². The summed E-state index contributed by atoms with van der Waals surface area (Å²) in [6, 6.07) is 4.67. The molecule has 3 heteroatoms. The average Bonchev–Trinajstić information content (AvgIpc) is 2.85. The molecule has 5 atom stereocenters. The van der Waals surface area contributed by atoms with Gasteiger partial charge in [0.15, 0.2) is 0 Å². The molecular weight excluding hydrogens is 263 g/mol. The number of methoxy groups -OCH3 is 1. The van der Waals surface area contributed by atoms with Gasteiger partial charge in [0.05, 0.1) is 12.5 Å². The Morgan fingerprint density at radius 1 is 1.26 bits per heavy atom. The van der Waals surface area contributed by atoms with E-state index in [0.29, 0.717) is 5.92 Å². The predicted octanol–water partition coefficient (Wildman–Crippen LogP) is 4.41. The van der Waals surface area contributed by atoms with E-state index in [1.54, 1.807) is 19.2 Å². The number of rotatable bonds is 3. The van der Waals surface area contributed by atoms with E-state index in [-0.39, 0.29) is 11.2 Å². The Morgan fingerprint density at radius 2 is 1.95 bits per heavy atom. The quantitative estimate of drug-likeness (QED) is 0.746. The second kappa shape index (κ2) is 4.12. The average molecular weight is 281 g/mol. The summed E-state index contributed by atoms with van der Waals surface area (Å²) in [7, 11) is 1.62. The van der Waals surface area contributed by atoms with Gasteiger partial charge < -0.3 is 4.74 Å². The number of benzene rings is 1. The molecule has 0 N–H and O–H groups in total. The van der Waals surface area contributed by atoms with Crippen molar-refractivity contribution < 1.29 is 9.13 Å². The van der Waals surface area contributed by atoms with Crippen LogP contribution < -0.4 is 4.74 Å². The summed E-state index contributed by atoms with van der Waals surface area (Å²) >= 11 is 6.67. The lowest BCUT2D eigenvalue weighted by molar-refractivity contribution is 0.399. The van der Waals surface area contributed by atoms with Gasteiger partial charge in [0, 0.05) is 5.56 Å².